The van der Waals surface area contributed by atoms with Crippen molar-refractivity contribution in [1.82, 2.24) is 20.1 Å². The topological polar surface area (TPSA) is 90.0 Å². The van der Waals surface area contributed by atoms with Crippen LogP contribution in [0.5, 0.6) is 0 Å². The van der Waals surface area contributed by atoms with E-state index in [0.717, 1.165) is 22.8 Å². The maximum absolute atomic E-state index is 12.5. The highest BCUT2D eigenvalue weighted by Crippen LogP contribution is 2.17. The number of nitrogens with zero attached hydrogens (tertiary/aromatic N) is 3. The van der Waals surface area contributed by atoms with Crippen LogP contribution >= 0.6 is 0 Å². The summed E-state index contributed by atoms with van der Waals surface area (Å²) in [4.78, 5) is 29.0. The van der Waals surface area contributed by atoms with Crippen LogP contribution in [0.25, 0.3) is 16.8 Å². The van der Waals surface area contributed by atoms with Gasteiger partial charge in [0.15, 0.2) is 5.82 Å². The summed E-state index contributed by atoms with van der Waals surface area (Å²) in [7, 11) is 0. The number of nitrogens with one attached hydrogen (secondary N) is 1. The van der Waals surface area contributed by atoms with E-state index in [-0.39, 0.29) is 5.56 Å². The molecule has 0 atom stereocenters. The minimum atomic E-state index is -0.642. The van der Waals surface area contributed by atoms with Gasteiger partial charge in [0.05, 0.1) is 5.69 Å². The molecule has 146 valence electrons. The number of aromatic nitrogens is 3. The number of fused-ring (bicyclic) bond motifs is 1. The normalized spacial score (nSPS) is 11.0. The van der Waals surface area contributed by atoms with Crippen molar-refractivity contribution in [3.8, 4) is 5.82 Å². The Bertz CT molecular complexity index is 1240. The van der Waals surface area contributed by atoms with Gasteiger partial charge in [-0.2, -0.15) is 5.10 Å². The number of aryl methyl sites for hydroxylation is 1. The third kappa shape index (κ3) is 3.67. The van der Waals surface area contributed by atoms with Crippen molar-refractivity contribution >= 4 is 16.9 Å². The van der Waals surface area contributed by atoms with Crippen LogP contribution in [0.4, 0.5) is 0 Å². The molecule has 3 aromatic heterocycles. The second kappa shape index (κ2) is 7.71. The number of para-hydroxylation sites is 1. The fraction of sp³-hybridized carbons (Fsp3) is 0.182. The van der Waals surface area contributed by atoms with E-state index in [4.69, 9.17) is 4.42 Å². The summed E-state index contributed by atoms with van der Waals surface area (Å²) < 4.78 is 7.03. The Balaban J connectivity index is 1.48. The van der Waals surface area contributed by atoms with Crippen LogP contribution < -0.4 is 10.9 Å². The number of benzene rings is 1. The van der Waals surface area contributed by atoms with E-state index in [1.165, 1.54) is 0 Å². The molecule has 1 N–H and O–H groups in total. The van der Waals surface area contributed by atoms with Gasteiger partial charge in [-0.1, -0.05) is 24.3 Å². The van der Waals surface area contributed by atoms with E-state index in [9.17, 15) is 9.59 Å². The van der Waals surface area contributed by atoms with Crippen LogP contribution in [0.2, 0.25) is 0 Å². The van der Waals surface area contributed by atoms with Crippen molar-refractivity contribution < 1.29 is 9.21 Å². The fourth-order valence-electron chi connectivity index (χ4n) is 3.36. The lowest BCUT2D eigenvalue weighted by Gasteiger charge is -2.07. The van der Waals surface area contributed by atoms with Crippen molar-refractivity contribution in [1.29, 1.82) is 0 Å². The summed E-state index contributed by atoms with van der Waals surface area (Å²) in [5.41, 5.74) is 2.72. The zero-order valence-electron chi connectivity index (χ0n) is 16.2. The van der Waals surface area contributed by atoms with Crippen molar-refractivity contribution in [2.75, 3.05) is 6.54 Å². The maximum Gasteiger partial charge on any atom is 0.349 e. The lowest BCUT2D eigenvalue weighted by atomic mass is 10.1. The number of amides is 1. The van der Waals surface area contributed by atoms with E-state index in [2.05, 4.69) is 15.4 Å². The van der Waals surface area contributed by atoms with E-state index < -0.39 is 11.5 Å². The molecule has 0 aliphatic rings. The Morgan fingerprint density at radius 3 is 2.72 bits per heavy atom. The van der Waals surface area contributed by atoms with Crippen LogP contribution in [0, 0.1) is 13.8 Å². The van der Waals surface area contributed by atoms with Crippen molar-refractivity contribution in [2.45, 2.75) is 20.3 Å². The van der Waals surface area contributed by atoms with Crippen LogP contribution in [0.3, 0.4) is 0 Å². The molecule has 1 amide bonds. The quantitative estimate of drug-likeness (QED) is 0.531. The first-order chi connectivity index (χ1) is 14.0. The lowest BCUT2D eigenvalue weighted by Crippen LogP contribution is -2.30. The van der Waals surface area contributed by atoms with E-state index in [1.807, 2.05) is 38.1 Å². The molecule has 0 radical (unpaired) electrons. The molecule has 4 rings (SSSR count). The monoisotopic (exact) mass is 388 g/mol. The molecule has 1 aromatic carbocycles. The van der Waals surface area contributed by atoms with Crippen LogP contribution in [-0.2, 0) is 6.42 Å². The van der Waals surface area contributed by atoms with E-state index >= 15 is 0 Å². The minimum Gasteiger partial charge on any atom is -0.422 e. The average molecular weight is 388 g/mol. The third-order valence-corrected chi connectivity index (χ3v) is 4.85. The summed E-state index contributed by atoms with van der Waals surface area (Å²) in [6.07, 6.45) is 2.32. The van der Waals surface area contributed by atoms with Gasteiger partial charge in [0, 0.05) is 23.8 Å². The highest BCUT2D eigenvalue weighted by atomic mass is 16.4. The van der Waals surface area contributed by atoms with Gasteiger partial charge in [-0.05, 0) is 50.1 Å². The molecule has 4 aromatic rings. The molecule has 0 fully saturated rings. The Hall–Kier alpha value is -3.74. The molecule has 0 unspecified atom stereocenters. The maximum atomic E-state index is 12.5. The van der Waals surface area contributed by atoms with E-state index in [1.54, 1.807) is 35.1 Å². The van der Waals surface area contributed by atoms with Crippen LogP contribution in [0.15, 0.2) is 63.9 Å². The summed E-state index contributed by atoms with van der Waals surface area (Å²) in [6, 6.07) is 14.3. The van der Waals surface area contributed by atoms with Crippen molar-refractivity contribution in [3.63, 3.8) is 0 Å². The number of hydrogen-bond donors (Lipinski definition) is 1. The highest BCUT2D eigenvalue weighted by Gasteiger charge is 2.16. The Morgan fingerprint density at radius 1 is 1.14 bits per heavy atom. The zero-order valence-corrected chi connectivity index (χ0v) is 16.2. The Morgan fingerprint density at radius 2 is 1.93 bits per heavy atom. The van der Waals surface area contributed by atoms with E-state index in [0.29, 0.717) is 23.9 Å². The molecule has 29 heavy (non-hydrogen) atoms. The fourth-order valence-corrected chi connectivity index (χ4v) is 3.36. The molecule has 7 nitrogen and oxygen atoms in total. The molecule has 0 aliphatic carbocycles. The van der Waals surface area contributed by atoms with Gasteiger partial charge in [0.1, 0.15) is 11.1 Å². The lowest BCUT2D eigenvalue weighted by molar-refractivity contribution is 0.0950. The second-order valence-electron chi connectivity index (χ2n) is 6.74. The van der Waals surface area contributed by atoms with Crippen LogP contribution in [0.1, 0.15) is 27.3 Å². The zero-order chi connectivity index (χ0) is 20.4. The number of rotatable bonds is 5. The summed E-state index contributed by atoms with van der Waals surface area (Å²) in [6.45, 7) is 4.28. The Labute approximate surface area is 167 Å². The van der Waals surface area contributed by atoms with Gasteiger partial charge in [-0.15, -0.1) is 0 Å². The molecule has 0 spiro atoms. The standard InChI is InChI=1S/C22H20N4O3/c1-14-17(15(2)26(25-14)20-9-5-6-11-23-20)10-12-24-21(27)18-13-16-7-3-4-8-19(16)29-22(18)28/h3-9,11,13H,10,12H2,1-2H3,(H,24,27). The van der Waals surface area contributed by atoms with Gasteiger partial charge >= 0.3 is 5.63 Å². The minimum absolute atomic E-state index is 0.00123. The third-order valence-electron chi connectivity index (χ3n) is 4.85. The number of carbonyl (C=O) groups is 1. The number of pyridine rings is 1. The largest absolute Gasteiger partial charge is 0.422 e. The van der Waals surface area contributed by atoms with Gasteiger partial charge in [-0.25, -0.2) is 14.5 Å². The molecule has 3 heterocycles. The van der Waals surface area contributed by atoms with Gasteiger partial charge < -0.3 is 9.73 Å². The molecule has 0 bridgehead atoms. The summed E-state index contributed by atoms with van der Waals surface area (Å²) in [5.74, 6) is 0.300. The predicted octanol–water partition coefficient (Wildman–Crippen LogP) is 2.96. The first-order valence-corrected chi connectivity index (χ1v) is 9.32. The molecule has 0 saturated heterocycles. The molecular formula is C22H20N4O3. The first-order valence-electron chi connectivity index (χ1n) is 9.32. The van der Waals surface area contributed by atoms with Gasteiger partial charge in [-0.3, -0.25) is 4.79 Å². The number of hydrogen-bond acceptors (Lipinski definition) is 5. The smallest absolute Gasteiger partial charge is 0.349 e. The van der Waals surface area contributed by atoms with Crippen molar-refractivity contribution in [2.24, 2.45) is 0 Å². The molecule has 0 aliphatic heterocycles. The predicted molar refractivity (Wildman–Crippen MR) is 109 cm³/mol. The highest BCUT2D eigenvalue weighted by molar-refractivity contribution is 5.96. The van der Waals surface area contributed by atoms with Gasteiger partial charge in [0.2, 0.25) is 0 Å². The van der Waals surface area contributed by atoms with Gasteiger partial charge in [0.25, 0.3) is 5.91 Å². The molecule has 0 saturated carbocycles. The molecular weight excluding hydrogens is 368 g/mol. The van der Waals surface area contributed by atoms with Crippen LogP contribution in [-0.4, -0.2) is 27.2 Å². The Kier molecular flexibility index (Phi) is 4.95. The number of carbonyl (C=O) groups excluding carboxylic acids is 1. The first kappa shape index (κ1) is 18.6. The van der Waals surface area contributed by atoms with Crippen molar-refractivity contribution in [3.05, 3.63) is 87.7 Å². The molecule has 7 heteroatoms. The SMILES string of the molecule is Cc1nn(-c2ccccn2)c(C)c1CCNC(=O)c1cc2ccccc2oc1=O. The summed E-state index contributed by atoms with van der Waals surface area (Å²) >= 11 is 0. The second-order valence-corrected chi connectivity index (χ2v) is 6.74. The summed E-state index contributed by atoms with van der Waals surface area (Å²) in [5, 5.41) is 8.07. The average Bonchev–Trinajstić information content (AvgIpc) is 3.02.